The van der Waals surface area contributed by atoms with Crippen LogP contribution in [0.25, 0.3) is 22.6 Å². The zero-order chi connectivity index (χ0) is 15.4. The second-order valence-electron chi connectivity index (χ2n) is 4.73. The standard InChI is InChI=1S/C15H16ClN5O/c16-12-8-13-15(19-10-12)21(5-7-22-6-3-17)14(20-13)11-2-1-4-18-9-11/h1-2,4,8-10H,3,5-7,17H2. The first-order chi connectivity index (χ1) is 10.8. The Kier molecular flexibility index (Phi) is 4.62. The maximum Gasteiger partial charge on any atom is 0.160 e. The summed E-state index contributed by atoms with van der Waals surface area (Å²) in [5, 5.41) is 0.564. The number of fused-ring (bicyclic) bond motifs is 1. The van der Waals surface area contributed by atoms with Crippen molar-refractivity contribution in [2.24, 2.45) is 5.73 Å². The Morgan fingerprint density at radius 2 is 2.18 bits per heavy atom. The van der Waals surface area contributed by atoms with Gasteiger partial charge in [-0.05, 0) is 18.2 Å². The highest BCUT2D eigenvalue weighted by molar-refractivity contribution is 6.31. The van der Waals surface area contributed by atoms with E-state index >= 15 is 0 Å². The predicted octanol–water partition coefficient (Wildman–Crippen LogP) is 2.12. The molecule has 0 aliphatic carbocycles. The third-order valence-corrected chi connectivity index (χ3v) is 3.40. The van der Waals surface area contributed by atoms with E-state index in [-0.39, 0.29) is 0 Å². The Balaban J connectivity index is 2.01. The van der Waals surface area contributed by atoms with Gasteiger partial charge in [-0.2, -0.15) is 0 Å². The van der Waals surface area contributed by atoms with Crippen LogP contribution in [0.4, 0.5) is 0 Å². The van der Waals surface area contributed by atoms with Gasteiger partial charge in [-0.25, -0.2) is 9.97 Å². The van der Waals surface area contributed by atoms with Gasteiger partial charge in [0.05, 0.1) is 18.2 Å². The number of aromatic nitrogens is 4. The summed E-state index contributed by atoms with van der Waals surface area (Å²) in [6, 6.07) is 5.65. The fourth-order valence-corrected chi connectivity index (χ4v) is 2.41. The SMILES string of the molecule is NCCOCCn1c(-c2cccnc2)nc2cc(Cl)cnc21. The molecule has 0 spiro atoms. The molecule has 0 saturated carbocycles. The van der Waals surface area contributed by atoms with Gasteiger partial charge in [0.15, 0.2) is 5.65 Å². The van der Waals surface area contributed by atoms with Crippen molar-refractivity contribution in [3.63, 3.8) is 0 Å². The summed E-state index contributed by atoms with van der Waals surface area (Å²) in [5.74, 6) is 0.800. The van der Waals surface area contributed by atoms with E-state index < -0.39 is 0 Å². The first-order valence-corrected chi connectivity index (χ1v) is 7.37. The van der Waals surface area contributed by atoms with Crippen LogP contribution in [0.5, 0.6) is 0 Å². The highest BCUT2D eigenvalue weighted by Crippen LogP contribution is 2.24. The molecule has 0 radical (unpaired) electrons. The highest BCUT2D eigenvalue weighted by atomic mass is 35.5. The summed E-state index contributed by atoms with van der Waals surface area (Å²) < 4.78 is 7.49. The smallest absolute Gasteiger partial charge is 0.160 e. The summed E-state index contributed by atoms with van der Waals surface area (Å²) in [5.41, 5.74) is 7.90. The van der Waals surface area contributed by atoms with E-state index in [1.165, 1.54) is 0 Å². The number of imidazole rings is 1. The van der Waals surface area contributed by atoms with Crippen LogP contribution in [0.3, 0.4) is 0 Å². The lowest BCUT2D eigenvalue weighted by Crippen LogP contribution is -2.13. The molecule has 0 saturated heterocycles. The average Bonchev–Trinajstić information content (AvgIpc) is 2.90. The van der Waals surface area contributed by atoms with Crippen molar-refractivity contribution in [1.29, 1.82) is 0 Å². The molecule has 22 heavy (non-hydrogen) atoms. The lowest BCUT2D eigenvalue weighted by molar-refractivity contribution is 0.134. The normalized spacial score (nSPS) is 11.2. The van der Waals surface area contributed by atoms with Gasteiger partial charge in [0.1, 0.15) is 11.3 Å². The number of rotatable bonds is 6. The maximum atomic E-state index is 6.01. The van der Waals surface area contributed by atoms with Crippen molar-refractivity contribution in [2.75, 3.05) is 19.8 Å². The third kappa shape index (κ3) is 3.09. The maximum absolute atomic E-state index is 6.01. The quantitative estimate of drug-likeness (QED) is 0.704. The number of ether oxygens (including phenoxy) is 1. The number of hydrogen-bond donors (Lipinski definition) is 1. The van der Waals surface area contributed by atoms with E-state index in [1.807, 2.05) is 16.7 Å². The highest BCUT2D eigenvalue weighted by Gasteiger charge is 2.14. The summed E-state index contributed by atoms with van der Waals surface area (Å²) in [4.78, 5) is 13.2. The molecule has 6 nitrogen and oxygen atoms in total. The molecule has 3 aromatic rings. The lowest BCUT2D eigenvalue weighted by atomic mass is 10.3. The molecule has 2 N–H and O–H groups in total. The van der Waals surface area contributed by atoms with Crippen LogP contribution in [0.15, 0.2) is 36.8 Å². The van der Waals surface area contributed by atoms with Gasteiger partial charge in [-0.15, -0.1) is 0 Å². The zero-order valence-electron chi connectivity index (χ0n) is 11.9. The Labute approximate surface area is 132 Å². The van der Waals surface area contributed by atoms with Crippen LogP contribution < -0.4 is 5.73 Å². The monoisotopic (exact) mass is 317 g/mol. The minimum absolute atomic E-state index is 0.508. The van der Waals surface area contributed by atoms with Crippen molar-refractivity contribution in [1.82, 2.24) is 19.5 Å². The first-order valence-electron chi connectivity index (χ1n) is 6.99. The molecule has 0 amide bonds. The fraction of sp³-hybridized carbons (Fsp3) is 0.267. The minimum atomic E-state index is 0.508. The number of pyridine rings is 2. The summed E-state index contributed by atoms with van der Waals surface area (Å²) >= 11 is 6.01. The molecule has 0 fully saturated rings. The van der Waals surface area contributed by atoms with Gasteiger partial charge < -0.3 is 15.0 Å². The van der Waals surface area contributed by atoms with Crippen LogP contribution in [0.2, 0.25) is 5.02 Å². The topological polar surface area (TPSA) is 78.9 Å². The molecule has 0 aromatic carbocycles. The Hall–Kier alpha value is -2.02. The van der Waals surface area contributed by atoms with E-state index in [0.717, 1.165) is 22.6 Å². The van der Waals surface area contributed by atoms with Gasteiger partial charge in [0.25, 0.3) is 0 Å². The molecule has 0 aliphatic heterocycles. The molecule has 3 rings (SSSR count). The molecule has 0 atom stereocenters. The van der Waals surface area contributed by atoms with E-state index in [1.54, 1.807) is 24.7 Å². The second-order valence-corrected chi connectivity index (χ2v) is 5.16. The Morgan fingerprint density at radius 1 is 1.27 bits per heavy atom. The minimum Gasteiger partial charge on any atom is -0.378 e. The molecule has 114 valence electrons. The summed E-state index contributed by atoms with van der Waals surface area (Å²) in [7, 11) is 0. The molecule has 3 aromatic heterocycles. The predicted molar refractivity (Wildman–Crippen MR) is 85.6 cm³/mol. The van der Waals surface area contributed by atoms with Crippen LogP contribution >= 0.6 is 11.6 Å². The van der Waals surface area contributed by atoms with Crippen LogP contribution in [0, 0.1) is 0 Å². The van der Waals surface area contributed by atoms with Crippen molar-refractivity contribution >= 4 is 22.8 Å². The van der Waals surface area contributed by atoms with E-state index in [4.69, 9.17) is 22.1 Å². The number of halogens is 1. The van der Waals surface area contributed by atoms with E-state index in [0.29, 0.717) is 31.3 Å². The van der Waals surface area contributed by atoms with Crippen molar-refractivity contribution in [3.05, 3.63) is 41.8 Å². The lowest BCUT2D eigenvalue weighted by Gasteiger charge is -2.09. The summed E-state index contributed by atoms with van der Waals surface area (Å²) in [6.07, 6.45) is 5.13. The molecular formula is C15H16ClN5O. The van der Waals surface area contributed by atoms with E-state index in [9.17, 15) is 0 Å². The molecule has 3 heterocycles. The largest absolute Gasteiger partial charge is 0.378 e. The summed E-state index contributed by atoms with van der Waals surface area (Å²) in [6.45, 7) is 2.22. The Morgan fingerprint density at radius 3 is 2.95 bits per heavy atom. The number of hydrogen-bond acceptors (Lipinski definition) is 5. The van der Waals surface area contributed by atoms with Gasteiger partial charge in [0.2, 0.25) is 0 Å². The Bertz CT molecular complexity index is 759. The molecule has 7 heteroatoms. The molecule has 0 aliphatic rings. The average molecular weight is 318 g/mol. The number of nitrogens with zero attached hydrogens (tertiary/aromatic N) is 4. The molecule has 0 unspecified atom stereocenters. The molecular weight excluding hydrogens is 302 g/mol. The van der Waals surface area contributed by atoms with Crippen LogP contribution in [0.1, 0.15) is 0 Å². The van der Waals surface area contributed by atoms with Crippen molar-refractivity contribution < 1.29 is 4.74 Å². The van der Waals surface area contributed by atoms with Gasteiger partial charge in [0, 0.05) is 37.2 Å². The second kappa shape index (κ2) is 6.83. The zero-order valence-corrected chi connectivity index (χ0v) is 12.7. The van der Waals surface area contributed by atoms with E-state index in [2.05, 4.69) is 15.0 Å². The number of nitrogens with two attached hydrogens (primary N) is 1. The fourth-order valence-electron chi connectivity index (χ4n) is 2.25. The first kappa shape index (κ1) is 14.9. The van der Waals surface area contributed by atoms with Gasteiger partial charge >= 0.3 is 0 Å². The van der Waals surface area contributed by atoms with Crippen LogP contribution in [-0.4, -0.2) is 39.3 Å². The van der Waals surface area contributed by atoms with Crippen molar-refractivity contribution in [2.45, 2.75) is 6.54 Å². The van der Waals surface area contributed by atoms with Crippen LogP contribution in [-0.2, 0) is 11.3 Å². The van der Waals surface area contributed by atoms with Gasteiger partial charge in [-0.3, -0.25) is 4.98 Å². The third-order valence-electron chi connectivity index (χ3n) is 3.19. The molecule has 0 bridgehead atoms. The van der Waals surface area contributed by atoms with Crippen molar-refractivity contribution in [3.8, 4) is 11.4 Å². The van der Waals surface area contributed by atoms with Gasteiger partial charge in [-0.1, -0.05) is 11.6 Å².